The van der Waals surface area contributed by atoms with E-state index < -0.39 is 106 Å². The molecule has 2 aliphatic heterocycles. The molecule has 0 aliphatic carbocycles. The van der Waals surface area contributed by atoms with E-state index in [1.54, 1.807) is 0 Å². The lowest BCUT2D eigenvalue weighted by Gasteiger charge is -2.46. The maximum atomic E-state index is 12.8. The molecule has 0 saturated carbocycles. The summed E-state index contributed by atoms with van der Waals surface area (Å²) in [5, 5.41) is 72.8. The first-order valence-corrected chi connectivity index (χ1v) is 12.8. The predicted octanol–water partition coefficient (Wildman–Crippen LogP) is -6.09. The summed E-state index contributed by atoms with van der Waals surface area (Å²) in [7, 11) is -4.08. The van der Waals surface area contributed by atoms with E-state index in [2.05, 4.69) is 10.3 Å². The zero-order chi connectivity index (χ0) is 29.9. The first-order valence-electron chi connectivity index (χ1n) is 11.6. The number of anilines is 1. The van der Waals surface area contributed by atoms with E-state index in [4.69, 9.17) is 30.0 Å². The summed E-state index contributed by atoms with van der Waals surface area (Å²) in [6, 6.07) is -0.386. The second kappa shape index (κ2) is 12.9. The summed E-state index contributed by atoms with van der Waals surface area (Å²) in [5.41, 5.74) is 9.67. The maximum absolute atomic E-state index is 12.8. The molecule has 0 bridgehead atoms. The minimum Gasteiger partial charge on any atom is -0.477 e. The first-order chi connectivity index (χ1) is 18.7. The number of carboxylic acid groups (broad SMARTS) is 1. The SMILES string of the molecule is NCC(=O)N[C@H]1C([C@H](O)[C@H](O)CO)O[C@](O[PH](=O)O[C@H]2O[C@@H](n3ccc(N)nc3=O)[C@@H](O)C2O)(C(=O)O)C[C@H]1O. The fourth-order valence-corrected chi connectivity index (χ4v) is 4.99. The van der Waals surface area contributed by atoms with Crippen LogP contribution in [0, 0.1) is 0 Å². The summed E-state index contributed by atoms with van der Waals surface area (Å²) < 4.78 is 34.0. The Bertz CT molecular complexity index is 1160. The van der Waals surface area contributed by atoms with Gasteiger partial charge in [-0.15, -0.1) is 0 Å². The van der Waals surface area contributed by atoms with Crippen LogP contribution in [0.15, 0.2) is 17.1 Å². The Morgan fingerprint density at radius 2 is 1.98 bits per heavy atom. The first kappa shape index (κ1) is 31.9. The largest absolute Gasteiger partial charge is 0.477 e. The average Bonchev–Trinajstić information content (AvgIpc) is 3.16. The lowest BCUT2D eigenvalue weighted by molar-refractivity contribution is -0.286. The van der Waals surface area contributed by atoms with Gasteiger partial charge in [0.2, 0.25) is 5.91 Å². The van der Waals surface area contributed by atoms with Gasteiger partial charge in [-0.25, -0.2) is 9.59 Å². The van der Waals surface area contributed by atoms with Gasteiger partial charge in [-0.05, 0) is 6.07 Å². The number of carbonyl (C=O) groups is 2. The minimum absolute atomic E-state index is 0.144. The molecule has 3 heterocycles. The van der Waals surface area contributed by atoms with Crippen molar-refractivity contribution < 1.29 is 68.4 Å². The highest BCUT2D eigenvalue weighted by atomic mass is 31.1. The normalized spacial score (nSPS) is 34.6. The third-order valence-corrected chi connectivity index (χ3v) is 7.03. The van der Waals surface area contributed by atoms with E-state index in [1.807, 2.05) is 0 Å². The van der Waals surface area contributed by atoms with Crippen LogP contribution in [0.1, 0.15) is 12.6 Å². The van der Waals surface area contributed by atoms with Crippen LogP contribution in [-0.4, -0.2) is 125 Å². The van der Waals surface area contributed by atoms with Crippen LogP contribution < -0.4 is 22.5 Å². The third kappa shape index (κ3) is 6.65. The Hall–Kier alpha value is -2.59. The van der Waals surface area contributed by atoms with Gasteiger partial charge in [-0.3, -0.25) is 23.0 Å². The molecule has 2 aliphatic rings. The Labute approximate surface area is 224 Å². The van der Waals surface area contributed by atoms with Crippen molar-refractivity contribution in [1.82, 2.24) is 14.9 Å². The molecule has 21 heteroatoms. The van der Waals surface area contributed by atoms with E-state index in [-0.39, 0.29) is 5.82 Å². The molecule has 1 aromatic heterocycles. The molecule has 20 nitrogen and oxygen atoms in total. The van der Waals surface area contributed by atoms with Crippen LogP contribution in [0.5, 0.6) is 0 Å². The van der Waals surface area contributed by atoms with Gasteiger partial charge in [0.1, 0.15) is 36.3 Å². The molecule has 40 heavy (non-hydrogen) atoms. The highest BCUT2D eigenvalue weighted by molar-refractivity contribution is 7.33. The van der Waals surface area contributed by atoms with Crippen molar-refractivity contribution in [3.05, 3.63) is 22.7 Å². The van der Waals surface area contributed by atoms with Crippen LogP contribution >= 0.6 is 8.25 Å². The van der Waals surface area contributed by atoms with Crippen LogP contribution in [0.2, 0.25) is 0 Å². The van der Waals surface area contributed by atoms with Gasteiger partial charge < -0.3 is 62.0 Å². The lowest BCUT2D eigenvalue weighted by atomic mass is 9.88. The number of ether oxygens (including phenoxy) is 2. The number of carbonyl (C=O) groups excluding carboxylic acids is 1. The summed E-state index contributed by atoms with van der Waals surface area (Å²) in [4.78, 5) is 39.5. The second-order valence-electron chi connectivity index (χ2n) is 8.84. The number of hydrogen-bond acceptors (Lipinski definition) is 17. The third-order valence-electron chi connectivity index (χ3n) is 6.11. The van der Waals surface area contributed by atoms with E-state index in [0.29, 0.717) is 0 Å². The molecule has 12 N–H and O–H groups in total. The minimum atomic E-state index is -4.08. The molecular weight excluding hydrogens is 569 g/mol. The number of rotatable bonds is 11. The molecule has 0 radical (unpaired) electrons. The van der Waals surface area contributed by atoms with E-state index >= 15 is 0 Å². The van der Waals surface area contributed by atoms with Gasteiger partial charge in [0.25, 0.3) is 5.79 Å². The van der Waals surface area contributed by atoms with Gasteiger partial charge in [0.05, 0.1) is 25.3 Å². The van der Waals surface area contributed by atoms with Crippen LogP contribution in [0.3, 0.4) is 0 Å². The van der Waals surface area contributed by atoms with Crippen LogP contribution in [-0.2, 0) is 32.7 Å². The van der Waals surface area contributed by atoms with E-state index in [9.17, 15) is 54.7 Å². The van der Waals surface area contributed by atoms with Crippen molar-refractivity contribution in [1.29, 1.82) is 0 Å². The topological polar surface area (TPSA) is 329 Å². The van der Waals surface area contributed by atoms with Gasteiger partial charge in [0, 0.05) is 12.6 Å². The van der Waals surface area contributed by atoms with Crippen molar-refractivity contribution >= 4 is 25.9 Å². The number of aliphatic carboxylic acids is 1. The van der Waals surface area contributed by atoms with E-state index in [1.165, 1.54) is 6.07 Å². The van der Waals surface area contributed by atoms with Crippen molar-refractivity contribution in [3.8, 4) is 0 Å². The molecule has 0 spiro atoms. The number of carboxylic acids is 1. The number of nitrogens with one attached hydrogen (secondary N) is 1. The number of hydrogen-bond donors (Lipinski definition) is 10. The van der Waals surface area contributed by atoms with Crippen molar-refractivity contribution in [2.24, 2.45) is 5.73 Å². The van der Waals surface area contributed by atoms with Crippen LogP contribution in [0.25, 0.3) is 0 Å². The Morgan fingerprint density at radius 3 is 2.55 bits per heavy atom. The Morgan fingerprint density at radius 1 is 1.30 bits per heavy atom. The fourth-order valence-electron chi connectivity index (χ4n) is 4.07. The highest BCUT2D eigenvalue weighted by Gasteiger charge is 2.57. The molecule has 0 aromatic carbocycles. The molecule has 3 rings (SSSR count). The molecule has 1 aromatic rings. The zero-order valence-electron chi connectivity index (χ0n) is 20.4. The number of nitrogens with zero attached hydrogens (tertiary/aromatic N) is 2. The number of nitrogen functional groups attached to an aromatic ring is 1. The van der Waals surface area contributed by atoms with Gasteiger partial charge >= 0.3 is 19.9 Å². The Kier molecular flexibility index (Phi) is 10.3. The van der Waals surface area contributed by atoms with E-state index in [0.717, 1.165) is 10.8 Å². The molecule has 11 atom stereocenters. The fraction of sp³-hybridized carbons (Fsp3) is 0.684. The maximum Gasteiger partial charge on any atom is 0.364 e. The van der Waals surface area contributed by atoms with Crippen molar-refractivity contribution in [2.75, 3.05) is 18.9 Å². The number of aromatic nitrogens is 2. The van der Waals surface area contributed by atoms with Crippen molar-refractivity contribution in [2.45, 2.75) is 67.4 Å². The standard InChI is InChI=1S/C19H30N5O15P/c20-4-9(28)23-10-6(26)3-19(17(32)33,37-14(10)11(29)7(27)5-25)39-40(35)38-16-13(31)12(30)15(36-16)24-2-1-8(21)22-18(24)34/h1-2,6-7,10-16,25-27,29-31,40H,3-5,20H2,(H,23,28)(H,32,33)(H2,21,22,34)/t6-,7-,10-,11-,12+,13?,14?,15-,16-,19-/m1/s1. The number of nitrogens with two attached hydrogens (primary N) is 2. The summed E-state index contributed by atoms with van der Waals surface area (Å²) >= 11 is 0. The molecule has 226 valence electrons. The quantitative estimate of drug-likeness (QED) is 0.106. The number of aliphatic hydroxyl groups is 6. The monoisotopic (exact) mass is 599 g/mol. The molecule has 1 amide bonds. The molecule has 2 saturated heterocycles. The molecule has 2 fully saturated rings. The molecule has 3 unspecified atom stereocenters. The van der Waals surface area contributed by atoms with Gasteiger partial charge in [-0.1, -0.05) is 0 Å². The number of amides is 1. The summed E-state index contributed by atoms with van der Waals surface area (Å²) in [5.74, 6) is -6.02. The second-order valence-corrected chi connectivity index (χ2v) is 9.78. The van der Waals surface area contributed by atoms with Gasteiger partial charge in [0.15, 0.2) is 12.5 Å². The van der Waals surface area contributed by atoms with Crippen molar-refractivity contribution in [3.63, 3.8) is 0 Å². The summed E-state index contributed by atoms with van der Waals surface area (Å²) in [6.45, 7) is -1.62. The zero-order valence-corrected chi connectivity index (χ0v) is 21.4. The highest BCUT2D eigenvalue weighted by Crippen LogP contribution is 2.43. The number of aliphatic hydroxyl groups excluding tert-OH is 6. The van der Waals surface area contributed by atoms with Crippen LogP contribution in [0.4, 0.5) is 5.82 Å². The average molecular weight is 599 g/mol. The lowest BCUT2D eigenvalue weighted by Crippen LogP contribution is -2.68. The van der Waals surface area contributed by atoms with Gasteiger partial charge in [-0.2, -0.15) is 4.98 Å². The Balaban J connectivity index is 1.81. The predicted molar refractivity (Wildman–Crippen MR) is 126 cm³/mol. The summed E-state index contributed by atoms with van der Waals surface area (Å²) in [6.07, 6.45) is -15.1. The smallest absolute Gasteiger partial charge is 0.364 e. The molecular formula is C19H30N5O15P.